The summed E-state index contributed by atoms with van der Waals surface area (Å²) in [7, 11) is -1.04. The Kier molecular flexibility index (Phi) is 13.7. The first-order valence-corrected chi connectivity index (χ1v) is 16.2. The number of hydrogen-bond donors (Lipinski definition) is 0. The van der Waals surface area contributed by atoms with Crippen LogP contribution in [-0.4, -0.2) is 29.8 Å². The van der Waals surface area contributed by atoms with Crippen LogP contribution in [0, 0.1) is 0 Å². The lowest BCUT2D eigenvalue weighted by atomic mass is 10.1. The number of halogens is 1. The summed E-state index contributed by atoms with van der Waals surface area (Å²) >= 11 is 5.07. The molecule has 2 aromatic carbocycles. The van der Waals surface area contributed by atoms with Gasteiger partial charge in [-0.15, -0.1) is 11.8 Å². The molecule has 0 amide bonds. The average Bonchev–Trinajstić information content (AvgIpc) is 3.36. The maximum atomic E-state index is 12.0. The van der Waals surface area contributed by atoms with E-state index in [-0.39, 0.29) is 0 Å². The zero-order chi connectivity index (χ0) is 26.5. The summed E-state index contributed by atoms with van der Waals surface area (Å²) < 4.78 is 25.5. The second kappa shape index (κ2) is 16.2. The summed E-state index contributed by atoms with van der Waals surface area (Å²) in [5, 5.41) is 1.03. The van der Waals surface area contributed by atoms with Gasteiger partial charge in [0.25, 0.3) is 0 Å². The minimum atomic E-state index is -1.04. The molecule has 0 fully saturated rings. The predicted octanol–water partition coefficient (Wildman–Crippen LogP) is 9.25. The number of benzene rings is 2. The number of furan rings is 1. The van der Waals surface area contributed by atoms with Crippen molar-refractivity contribution in [1.29, 1.82) is 0 Å². The third-order valence-corrected chi connectivity index (χ3v) is 8.80. The van der Waals surface area contributed by atoms with E-state index in [0.717, 1.165) is 55.3 Å². The molecule has 1 atom stereocenters. The van der Waals surface area contributed by atoms with Gasteiger partial charge in [0, 0.05) is 42.0 Å². The molecule has 0 bridgehead atoms. The number of rotatable bonds is 12. The van der Waals surface area contributed by atoms with Crippen LogP contribution in [0.3, 0.4) is 0 Å². The molecule has 7 heteroatoms. The van der Waals surface area contributed by atoms with Gasteiger partial charge in [0.05, 0.1) is 25.8 Å². The minimum absolute atomic E-state index is 0.423. The number of unbranched alkanes of at least 4 members (excludes halogenated alkanes) is 3. The molecule has 0 saturated heterocycles. The topological polar surface area (TPSA) is 42.7 Å². The van der Waals surface area contributed by atoms with Crippen molar-refractivity contribution in [3.05, 3.63) is 62.5 Å². The molecule has 1 heterocycles. The smallest absolute Gasteiger partial charge is 0.148 e. The zero-order valence-electron chi connectivity index (χ0n) is 22.4. The van der Waals surface area contributed by atoms with Crippen molar-refractivity contribution in [3.63, 3.8) is 0 Å². The Labute approximate surface area is 232 Å². The number of nitrogens with zero attached hydrogens (tertiary/aromatic N) is 1. The second-order valence-electron chi connectivity index (χ2n) is 8.43. The number of thioether (sulfide) groups is 1. The van der Waals surface area contributed by atoms with Crippen molar-refractivity contribution in [1.82, 2.24) is 0 Å². The number of anilines is 1. The van der Waals surface area contributed by atoms with Gasteiger partial charge in [-0.05, 0) is 78.0 Å². The monoisotopic (exact) mass is 593 g/mol. The van der Waals surface area contributed by atoms with E-state index in [1.807, 2.05) is 30.5 Å². The third-order valence-electron chi connectivity index (χ3n) is 5.80. The zero-order valence-corrected chi connectivity index (χ0v) is 25.7. The molecule has 36 heavy (non-hydrogen) atoms. The molecule has 0 aliphatic rings. The highest BCUT2D eigenvalue weighted by Crippen LogP contribution is 2.32. The number of fused-ring (bicyclic) bond motifs is 1. The van der Waals surface area contributed by atoms with E-state index in [4.69, 9.17) is 9.15 Å². The fourth-order valence-electron chi connectivity index (χ4n) is 3.78. The maximum absolute atomic E-state index is 12.0. The van der Waals surface area contributed by atoms with E-state index in [2.05, 4.69) is 66.7 Å². The van der Waals surface area contributed by atoms with Crippen molar-refractivity contribution in [2.75, 3.05) is 30.5 Å². The van der Waals surface area contributed by atoms with E-state index in [0.29, 0.717) is 6.61 Å². The lowest BCUT2D eigenvalue weighted by molar-refractivity contribution is 0.305. The van der Waals surface area contributed by atoms with Crippen LogP contribution in [0.15, 0.2) is 55.8 Å². The van der Waals surface area contributed by atoms with Crippen LogP contribution in [0.25, 0.3) is 17.0 Å². The maximum Gasteiger partial charge on any atom is 0.148 e. The molecule has 0 spiro atoms. The van der Waals surface area contributed by atoms with Crippen molar-refractivity contribution >= 4 is 61.2 Å². The fraction of sp³-hybridized carbons (Fsp3) is 0.448. The van der Waals surface area contributed by atoms with Gasteiger partial charge in [0.15, 0.2) is 0 Å². The molecule has 1 unspecified atom stereocenters. The SMILES string of the molecule is CCCCCC.CCN(CC)c1ccc(C=C(SC)S(C)=O)c(OCc2cc(Br)c3occc3c2)c1. The van der Waals surface area contributed by atoms with Gasteiger partial charge in [-0.25, -0.2) is 0 Å². The quantitative estimate of drug-likeness (QED) is 0.196. The first kappa shape index (κ1) is 30.5. The molecule has 0 aliphatic heterocycles. The molecular formula is C29H40BrNO3S2. The third kappa shape index (κ3) is 9.00. The fourth-order valence-corrected chi connectivity index (χ4v) is 5.87. The Hall–Kier alpha value is -1.70. The average molecular weight is 595 g/mol. The molecule has 0 radical (unpaired) electrons. The highest BCUT2D eigenvalue weighted by Gasteiger charge is 2.11. The van der Waals surface area contributed by atoms with Crippen LogP contribution < -0.4 is 9.64 Å². The normalized spacial score (nSPS) is 12.2. The molecule has 3 rings (SSSR count). The summed E-state index contributed by atoms with van der Waals surface area (Å²) in [5.41, 5.74) is 3.92. The van der Waals surface area contributed by atoms with Gasteiger partial charge in [-0.3, -0.25) is 4.21 Å². The molecular weight excluding hydrogens is 554 g/mol. The molecule has 1 aromatic heterocycles. The first-order chi connectivity index (χ1) is 17.4. The van der Waals surface area contributed by atoms with Crippen LogP contribution in [0.1, 0.15) is 64.5 Å². The van der Waals surface area contributed by atoms with E-state index in [1.165, 1.54) is 37.4 Å². The van der Waals surface area contributed by atoms with E-state index in [9.17, 15) is 4.21 Å². The van der Waals surface area contributed by atoms with E-state index in [1.54, 1.807) is 12.5 Å². The van der Waals surface area contributed by atoms with Gasteiger partial charge in [0.1, 0.15) is 17.9 Å². The van der Waals surface area contributed by atoms with Gasteiger partial charge in [0.2, 0.25) is 0 Å². The van der Waals surface area contributed by atoms with Crippen molar-refractivity contribution in [2.24, 2.45) is 0 Å². The molecule has 4 nitrogen and oxygen atoms in total. The van der Waals surface area contributed by atoms with Crippen LogP contribution in [-0.2, 0) is 17.4 Å². The summed E-state index contributed by atoms with van der Waals surface area (Å²) in [6.07, 6.45) is 12.8. The van der Waals surface area contributed by atoms with Crippen LogP contribution in [0.4, 0.5) is 5.69 Å². The number of ether oxygens (including phenoxy) is 1. The highest BCUT2D eigenvalue weighted by atomic mass is 79.9. The van der Waals surface area contributed by atoms with Crippen LogP contribution in [0.2, 0.25) is 0 Å². The molecule has 0 saturated carbocycles. The summed E-state index contributed by atoms with van der Waals surface area (Å²) in [6.45, 7) is 11.0. The van der Waals surface area contributed by atoms with E-state index < -0.39 is 10.8 Å². The van der Waals surface area contributed by atoms with Crippen LogP contribution in [0.5, 0.6) is 5.75 Å². The van der Waals surface area contributed by atoms with Gasteiger partial charge >= 0.3 is 0 Å². The molecule has 198 valence electrons. The van der Waals surface area contributed by atoms with Gasteiger partial charge < -0.3 is 14.1 Å². The lowest BCUT2D eigenvalue weighted by Gasteiger charge is -2.22. The van der Waals surface area contributed by atoms with Crippen molar-refractivity contribution in [2.45, 2.75) is 60.0 Å². The lowest BCUT2D eigenvalue weighted by Crippen LogP contribution is -2.21. The number of hydrogen-bond acceptors (Lipinski definition) is 5. The Bertz CT molecular complexity index is 1130. The molecule has 3 aromatic rings. The summed E-state index contributed by atoms with van der Waals surface area (Å²) in [6, 6.07) is 12.2. The standard InChI is InChI=1S/C23H26BrNO3S2.C6H14/c1-5-25(6-2)19-8-7-17(13-22(29-3)30(4)26)21(14-19)28-15-16-11-18-9-10-27-23(18)20(24)12-16;1-3-5-6-4-2/h7-14H,5-6,15H2,1-4H3;3-6H2,1-2H3. The Morgan fingerprint density at radius 2 is 1.78 bits per heavy atom. The van der Waals surface area contributed by atoms with Gasteiger partial charge in [-0.1, -0.05) is 39.5 Å². The van der Waals surface area contributed by atoms with Crippen molar-refractivity contribution < 1.29 is 13.4 Å². The largest absolute Gasteiger partial charge is 0.488 e. The summed E-state index contributed by atoms with van der Waals surface area (Å²) in [5.74, 6) is 0.778. The van der Waals surface area contributed by atoms with Gasteiger partial charge in [-0.2, -0.15) is 0 Å². The second-order valence-corrected chi connectivity index (χ2v) is 11.7. The summed E-state index contributed by atoms with van der Waals surface area (Å²) in [4.78, 5) is 2.28. The van der Waals surface area contributed by atoms with Crippen LogP contribution >= 0.6 is 27.7 Å². The Balaban J connectivity index is 0.000000678. The van der Waals surface area contributed by atoms with Crippen molar-refractivity contribution in [3.8, 4) is 5.75 Å². The minimum Gasteiger partial charge on any atom is -0.488 e. The Morgan fingerprint density at radius 3 is 2.36 bits per heavy atom. The predicted molar refractivity (Wildman–Crippen MR) is 164 cm³/mol. The first-order valence-electron chi connectivity index (χ1n) is 12.6. The molecule has 0 aliphatic carbocycles. The molecule has 0 N–H and O–H groups in total. The van der Waals surface area contributed by atoms with E-state index >= 15 is 0 Å². The Morgan fingerprint density at radius 1 is 1.08 bits per heavy atom. The highest BCUT2D eigenvalue weighted by molar-refractivity contribution is 9.10.